The van der Waals surface area contributed by atoms with Gasteiger partial charge in [-0.05, 0) is 0 Å². The van der Waals surface area contributed by atoms with Crippen molar-refractivity contribution in [1.29, 1.82) is 0 Å². The minimum atomic E-state index is 0. The Hall–Kier alpha value is 3.87. The molecule has 0 saturated carbocycles. The summed E-state index contributed by atoms with van der Waals surface area (Å²) >= 11 is 0. The summed E-state index contributed by atoms with van der Waals surface area (Å²) in [6.07, 6.45) is 0. The van der Waals surface area contributed by atoms with E-state index in [1.165, 1.54) is 0 Å². The van der Waals surface area contributed by atoms with Crippen LogP contribution in [0.4, 0.5) is 0 Å². The largest absolute Gasteiger partial charge is 2.00 e. The smallest absolute Gasteiger partial charge is 2.00 e. The van der Waals surface area contributed by atoms with E-state index in [-0.39, 0.29) is 121 Å². The molecule has 0 amide bonds. The van der Waals surface area contributed by atoms with Gasteiger partial charge in [0.1, 0.15) is 0 Å². The van der Waals surface area contributed by atoms with Gasteiger partial charge in [0.15, 0.2) is 0 Å². The molecule has 0 unspecified atom stereocenters. The van der Waals surface area contributed by atoms with E-state index in [1.807, 2.05) is 0 Å². The molecule has 0 radical (unpaired) electrons. The minimum Gasteiger partial charge on any atom is -2.00 e. The normalized spacial score (nSPS) is 0. The Morgan fingerprint density at radius 3 is 0.667 bits per heavy atom. The molecule has 0 aromatic rings. The first-order valence-electron chi connectivity index (χ1n) is 0. The average molecular weight is 439 g/mol. The maximum absolute atomic E-state index is 0. The second kappa shape index (κ2) is 36.7. The van der Waals surface area contributed by atoms with E-state index >= 15 is 0 Å². The van der Waals surface area contributed by atoms with Crippen LogP contribution in [0.25, 0.3) is 0 Å². The zero-order valence-corrected chi connectivity index (χ0v) is 16.9. The Morgan fingerprint density at radius 1 is 0.667 bits per heavy atom. The van der Waals surface area contributed by atoms with Crippen LogP contribution in [-0.4, -0.2) is 74.3 Å². The Kier molecular flexibility index (Phi) is 317. The van der Waals surface area contributed by atoms with E-state index in [2.05, 4.69) is 0 Å². The van der Waals surface area contributed by atoms with E-state index in [0.29, 0.717) is 0 Å². The van der Waals surface area contributed by atoms with E-state index in [1.54, 1.807) is 0 Å². The Balaban J connectivity index is 0. The third-order valence-corrected chi connectivity index (χ3v) is 0. The van der Waals surface area contributed by atoms with Crippen LogP contribution in [0.15, 0.2) is 0 Å². The summed E-state index contributed by atoms with van der Waals surface area (Å²) in [4.78, 5) is 0. The second-order valence-corrected chi connectivity index (χ2v) is 0. The van der Waals surface area contributed by atoms with E-state index in [4.69, 9.17) is 0 Å². The molecular weight excluding hydrogens is 439 g/mol. The fourth-order valence-electron chi connectivity index (χ4n) is 0. The maximum Gasteiger partial charge on any atom is 2.00 e. The Labute approximate surface area is 119 Å². The van der Waals surface area contributed by atoms with Gasteiger partial charge in [-0.15, -0.1) is 0 Å². The van der Waals surface area contributed by atoms with Crippen molar-refractivity contribution in [2.24, 2.45) is 0 Å². The molecule has 0 aliphatic carbocycles. The quantitative estimate of drug-likeness (QED) is 0.403. The molecule has 0 aromatic carbocycles. The zero-order valence-electron chi connectivity index (χ0n) is 3.35. The molecule has 0 N–H and O–H groups in total. The summed E-state index contributed by atoms with van der Waals surface area (Å²) in [7, 11) is 0. The van der Waals surface area contributed by atoms with Gasteiger partial charge in [0.25, 0.3) is 0 Å². The monoisotopic (exact) mass is 442 g/mol. The first kappa shape index (κ1) is 51.8. The van der Waals surface area contributed by atoms with Crippen LogP contribution >= 0.6 is 0 Å². The molecule has 0 nitrogen and oxygen atoms in total. The fourth-order valence-corrected chi connectivity index (χ4v) is 0. The third-order valence-electron chi connectivity index (χ3n) is 0. The molecular formula is CdMgSe3Zn. The number of hydrogen-bond acceptors (Lipinski definition) is 0. The van der Waals surface area contributed by atoms with Gasteiger partial charge in [-0.2, -0.15) is 0 Å². The van der Waals surface area contributed by atoms with Gasteiger partial charge in [-0.3, -0.25) is 0 Å². The van der Waals surface area contributed by atoms with E-state index in [9.17, 15) is 0 Å². The predicted octanol–water partition coefficient (Wildman–Crippen LogP) is -1.53. The van der Waals surface area contributed by atoms with Crippen LogP contribution < -0.4 is 0 Å². The Bertz CT molecular complexity index is 10.8. The van der Waals surface area contributed by atoms with Crippen LogP contribution in [0.1, 0.15) is 0 Å². The molecule has 6 heteroatoms. The van der Waals surface area contributed by atoms with E-state index in [0.717, 1.165) is 0 Å². The average Bonchev–Trinajstić information content (AvgIpc) is 0. The summed E-state index contributed by atoms with van der Waals surface area (Å²) in [5, 5.41) is 0. The Morgan fingerprint density at radius 2 is 0.667 bits per heavy atom. The summed E-state index contributed by atoms with van der Waals surface area (Å²) in [6.45, 7) is 0. The van der Waals surface area contributed by atoms with Crippen molar-refractivity contribution in [2.75, 3.05) is 0 Å². The van der Waals surface area contributed by atoms with Crippen molar-refractivity contribution in [3.05, 3.63) is 0 Å². The second-order valence-electron chi connectivity index (χ2n) is 0. The number of hydrogen-bond donors (Lipinski definition) is 0. The topological polar surface area (TPSA) is 0 Å². The standard InChI is InChI=1S/Cd.Mg.3Se.Zn/q2*+2;3*-2;+2. The molecule has 0 bridgehead atoms. The molecule has 0 aromatic heterocycles. The van der Waals surface area contributed by atoms with Gasteiger partial charge in [0.05, 0.1) is 0 Å². The van der Waals surface area contributed by atoms with Crippen molar-refractivity contribution >= 4 is 74.3 Å². The third kappa shape index (κ3) is 24.8. The molecule has 0 saturated heterocycles. The molecule has 0 aliphatic rings. The molecule has 0 spiro atoms. The molecule has 0 rings (SSSR count). The van der Waals surface area contributed by atoms with Gasteiger partial charge in [0.2, 0.25) is 0 Å². The van der Waals surface area contributed by atoms with E-state index < -0.39 is 0 Å². The van der Waals surface area contributed by atoms with Crippen molar-refractivity contribution in [1.82, 2.24) is 0 Å². The molecule has 0 atom stereocenters. The summed E-state index contributed by atoms with van der Waals surface area (Å²) < 4.78 is 0. The van der Waals surface area contributed by atoms with Crippen molar-refractivity contribution in [3.63, 3.8) is 0 Å². The first-order valence-corrected chi connectivity index (χ1v) is 0. The van der Waals surface area contributed by atoms with Crippen molar-refractivity contribution in [2.45, 2.75) is 0 Å². The zero-order chi connectivity index (χ0) is 0. The van der Waals surface area contributed by atoms with Gasteiger partial charge in [-0.1, -0.05) is 0 Å². The predicted molar refractivity (Wildman–Crippen MR) is 23.0 cm³/mol. The molecule has 6 heavy (non-hydrogen) atoms. The van der Waals surface area contributed by atoms with Gasteiger partial charge in [-0.25, -0.2) is 0 Å². The van der Waals surface area contributed by atoms with Gasteiger partial charge >= 0.3 is 69.8 Å². The summed E-state index contributed by atoms with van der Waals surface area (Å²) in [5.74, 6) is 0. The molecule has 0 aliphatic heterocycles. The van der Waals surface area contributed by atoms with Crippen LogP contribution in [0.2, 0.25) is 0 Å². The first-order chi connectivity index (χ1) is 0. The van der Waals surface area contributed by atoms with Crippen molar-refractivity contribution < 1.29 is 46.8 Å². The number of rotatable bonds is 0. The fraction of sp³-hybridized carbons (Fsp3) is 0. The van der Waals surface area contributed by atoms with Crippen molar-refractivity contribution in [3.8, 4) is 0 Å². The van der Waals surface area contributed by atoms with Crippen LogP contribution in [0.3, 0.4) is 0 Å². The van der Waals surface area contributed by atoms with Crippen LogP contribution in [-0.2, 0) is 46.8 Å². The summed E-state index contributed by atoms with van der Waals surface area (Å²) in [6, 6.07) is 0. The van der Waals surface area contributed by atoms with Crippen LogP contribution in [0, 0.1) is 0 Å². The molecule has 0 fully saturated rings. The summed E-state index contributed by atoms with van der Waals surface area (Å²) in [5.41, 5.74) is 0. The maximum atomic E-state index is 0. The SMILES string of the molecule is [Cd+2].[Mg+2].[Se-2].[Se-2].[Se-2].[Zn+2]. The minimum absolute atomic E-state index is 0. The molecule has 24 valence electrons. The molecule has 0 heterocycles. The van der Waals surface area contributed by atoms with Gasteiger partial charge < -0.3 is 51.2 Å². The van der Waals surface area contributed by atoms with Crippen LogP contribution in [0.5, 0.6) is 0 Å². The van der Waals surface area contributed by atoms with Gasteiger partial charge in [0, 0.05) is 0 Å².